The molecule has 1 fully saturated rings. The van der Waals surface area contributed by atoms with Crippen molar-refractivity contribution < 1.29 is 9.90 Å². The van der Waals surface area contributed by atoms with Crippen molar-refractivity contribution in [2.45, 2.75) is 5.92 Å². The van der Waals surface area contributed by atoms with Gasteiger partial charge in [0.05, 0.1) is 5.92 Å². The molecule has 1 aromatic carbocycles. The second-order valence-corrected chi connectivity index (χ2v) is 5.01. The molecule has 2 N–H and O–H groups in total. The standard InChI is InChI=1S/C11H12INO2/c12-8-3-1-7(2-4-8)9-5-13-6-10(9)11(14)15/h1-4,9-10,13H,5-6H2,(H,14,15). The Morgan fingerprint density at radius 2 is 2.00 bits per heavy atom. The van der Waals surface area contributed by atoms with Crippen LogP contribution in [-0.4, -0.2) is 24.2 Å². The molecule has 2 atom stereocenters. The number of benzene rings is 1. The molecule has 1 aliphatic rings. The third kappa shape index (κ3) is 2.31. The number of carboxylic acids is 1. The normalized spacial score (nSPS) is 25.4. The highest BCUT2D eigenvalue weighted by atomic mass is 127. The number of carbonyl (C=O) groups is 1. The fourth-order valence-electron chi connectivity index (χ4n) is 2.00. The molecule has 3 nitrogen and oxygen atoms in total. The average Bonchev–Trinajstić information content (AvgIpc) is 2.67. The number of nitrogens with one attached hydrogen (secondary N) is 1. The third-order valence-corrected chi connectivity index (χ3v) is 3.55. The fourth-order valence-corrected chi connectivity index (χ4v) is 2.36. The molecule has 0 saturated carbocycles. The van der Waals surface area contributed by atoms with Gasteiger partial charge in [0, 0.05) is 22.6 Å². The quantitative estimate of drug-likeness (QED) is 0.816. The van der Waals surface area contributed by atoms with Crippen molar-refractivity contribution in [2.24, 2.45) is 5.92 Å². The van der Waals surface area contributed by atoms with Crippen LogP contribution in [0.4, 0.5) is 0 Å². The maximum atomic E-state index is 11.0. The Hall–Kier alpha value is -0.620. The maximum absolute atomic E-state index is 11.0. The Balaban J connectivity index is 2.22. The zero-order valence-electron chi connectivity index (χ0n) is 8.11. The first-order chi connectivity index (χ1) is 7.18. The molecule has 2 unspecified atom stereocenters. The molecular weight excluding hydrogens is 305 g/mol. The molecule has 0 aromatic heterocycles. The molecule has 0 spiro atoms. The zero-order chi connectivity index (χ0) is 10.8. The van der Waals surface area contributed by atoms with Gasteiger partial charge in [-0.3, -0.25) is 4.79 Å². The van der Waals surface area contributed by atoms with Gasteiger partial charge >= 0.3 is 5.97 Å². The van der Waals surface area contributed by atoms with Crippen LogP contribution < -0.4 is 5.32 Å². The van der Waals surface area contributed by atoms with E-state index in [-0.39, 0.29) is 11.8 Å². The lowest BCUT2D eigenvalue weighted by molar-refractivity contribution is -0.141. The summed E-state index contributed by atoms with van der Waals surface area (Å²) >= 11 is 2.25. The summed E-state index contributed by atoms with van der Waals surface area (Å²) in [6.07, 6.45) is 0. The summed E-state index contributed by atoms with van der Waals surface area (Å²) in [5.41, 5.74) is 1.12. The molecule has 15 heavy (non-hydrogen) atoms. The minimum absolute atomic E-state index is 0.111. The van der Waals surface area contributed by atoms with Crippen molar-refractivity contribution in [1.29, 1.82) is 0 Å². The number of hydrogen-bond acceptors (Lipinski definition) is 2. The Labute approximate surface area is 102 Å². The summed E-state index contributed by atoms with van der Waals surface area (Å²) in [6.45, 7) is 1.34. The fraction of sp³-hybridized carbons (Fsp3) is 0.364. The lowest BCUT2D eigenvalue weighted by atomic mass is 9.89. The predicted molar refractivity (Wildman–Crippen MR) is 65.9 cm³/mol. The van der Waals surface area contributed by atoms with E-state index < -0.39 is 5.97 Å². The van der Waals surface area contributed by atoms with E-state index in [1.807, 2.05) is 24.3 Å². The Morgan fingerprint density at radius 3 is 2.60 bits per heavy atom. The van der Waals surface area contributed by atoms with E-state index in [0.717, 1.165) is 12.1 Å². The Morgan fingerprint density at radius 1 is 1.33 bits per heavy atom. The summed E-state index contributed by atoms with van der Waals surface area (Å²) in [7, 11) is 0. The first kappa shape index (κ1) is 10.9. The van der Waals surface area contributed by atoms with Gasteiger partial charge < -0.3 is 10.4 Å². The molecule has 1 aromatic rings. The van der Waals surface area contributed by atoms with E-state index in [9.17, 15) is 4.79 Å². The highest BCUT2D eigenvalue weighted by Crippen LogP contribution is 2.28. The molecule has 0 amide bonds. The smallest absolute Gasteiger partial charge is 0.308 e. The van der Waals surface area contributed by atoms with Gasteiger partial charge in [-0.2, -0.15) is 0 Å². The Bertz CT molecular complexity index is 363. The van der Waals surface area contributed by atoms with Crippen LogP contribution in [0.25, 0.3) is 0 Å². The second-order valence-electron chi connectivity index (χ2n) is 3.76. The second kappa shape index (κ2) is 4.49. The SMILES string of the molecule is O=C(O)C1CNCC1c1ccc(I)cc1. The van der Waals surface area contributed by atoms with Gasteiger partial charge in [-0.1, -0.05) is 12.1 Å². The molecular formula is C11H12INO2. The Kier molecular flexibility index (Phi) is 3.25. The van der Waals surface area contributed by atoms with E-state index in [1.165, 1.54) is 3.57 Å². The molecule has 80 valence electrons. The molecule has 0 radical (unpaired) electrons. The summed E-state index contributed by atoms with van der Waals surface area (Å²) < 4.78 is 1.18. The van der Waals surface area contributed by atoms with Crippen molar-refractivity contribution in [3.63, 3.8) is 0 Å². The number of carboxylic acid groups (broad SMARTS) is 1. The van der Waals surface area contributed by atoms with Crippen LogP contribution in [0, 0.1) is 9.49 Å². The summed E-state index contributed by atoms with van der Waals surface area (Å²) in [4.78, 5) is 11.0. The first-order valence-corrected chi connectivity index (χ1v) is 5.95. The molecule has 0 bridgehead atoms. The van der Waals surface area contributed by atoms with Crippen molar-refractivity contribution in [1.82, 2.24) is 5.32 Å². The van der Waals surface area contributed by atoms with Crippen molar-refractivity contribution in [3.8, 4) is 0 Å². The molecule has 2 rings (SSSR count). The van der Waals surface area contributed by atoms with Gasteiger partial charge in [0.1, 0.15) is 0 Å². The van der Waals surface area contributed by atoms with Crippen molar-refractivity contribution >= 4 is 28.6 Å². The van der Waals surface area contributed by atoms with Crippen LogP contribution in [0.1, 0.15) is 11.5 Å². The van der Waals surface area contributed by atoms with Crippen LogP contribution in [-0.2, 0) is 4.79 Å². The molecule has 4 heteroatoms. The first-order valence-electron chi connectivity index (χ1n) is 4.87. The van der Waals surface area contributed by atoms with Crippen molar-refractivity contribution in [3.05, 3.63) is 33.4 Å². The lowest BCUT2D eigenvalue weighted by Crippen LogP contribution is -2.20. The van der Waals surface area contributed by atoms with E-state index in [1.54, 1.807) is 0 Å². The van der Waals surface area contributed by atoms with Gasteiger partial charge in [-0.15, -0.1) is 0 Å². The van der Waals surface area contributed by atoms with Crippen molar-refractivity contribution in [2.75, 3.05) is 13.1 Å². The summed E-state index contributed by atoms with van der Waals surface area (Å²) in [5, 5.41) is 12.2. The monoisotopic (exact) mass is 317 g/mol. The van der Waals surface area contributed by atoms with E-state index in [2.05, 4.69) is 27.9 Å². The maximum Gasteiger partial charge on any atom is 0.308 e. The number of hydrogen-bond donors (Lipinski definition) is 2. The largest absolute Gasteiger partial charge is 0.481 e. The molecule has 1 heterocycles. The van der Waals surface area contributed by atoms with Crippen LogP contribution in [0.15, 0.2) is 24.3 Å². The predicted octanol–water partition coefficient (Wildman–Crippen LogP) is 1.68. The third-order valence-electron chi connectivity index (χ3n) is 2.83. The topological polar surface area (TPSA) is 49.3 Å². The van der Waals surface area contributed by atoms with Gasteiger partial charge in [0.2, 0.25) is 0 Å². The average molecular weight is 317 g/mol. The van der Waals surface area contributed by atoms with E-state index in [0.29, 0.717) is 6.54 Å². The number of aliphatic carboxylic acids is 1. The molecule has 0 aliphatic carbocycles. The van der Waals surface area contributed by atoms with Gasteiger partial charge in [0.25, 0.3) is 0 Å². The van der Waals surface area contributed by atoms with Crippen LogP contribution in [0.2, 0.25) is 0 Å². The summed E-state index contributed by atoms with van der Waals surface area (Å²) in [5.74, 6) is -0.881. The van der Waals surface area contributed by atoms with Gasteiger partial charge in [-0.25, -0.2) is 0 Å². The van der Waals surface area contributed by atoms with Gasteiger partial charge in [0.15, 0.2) is 0 Å². The lowest BCUT2D eigenvalue weighted by Gasteiger charge is -2.14. The summed E-state index contributed by atoms with van der Waals surface area (Å²) in [6, 6.07) is 8.09. The number of rotatable bonds is 2. The van der Waals surface area contributed by atoms with E-state index in [4.69, 9.17) is 5.11 Å². The van der Waals surface area contributed by atoms with Crippen LogP contribution >= 0.6 is 22.6 Å². The van der Waals surface area contributed by atoms with Crippen LogP contribution in [0.3, 0.4) is 0 Å². The van der Waals surface area contributed by atoms with Gasteiger partial charge in [-0.05, 0) is 40.3 Å². The molecule has 1 aliphatic heterocycles. The number of halogens is 1. The highest BCUT2D eigenvalue weighted by molar-refractivity contribution is 14.1. The minimum atomic E-state index is -0.705. The zero-order valence-corrected chi connectivity index (χ0v) is 10.3. The highest BCUT2D eigenvalue weighted by Gasteiger charge is 2.33. The molecule has 1 saturated heterocycles. The van der Waals surface area contributed by atoms with E-state index >= 15 is 0 Å². The van der Waals surface area contributed by atoms with Crippen LogP contribution in [0.5, 0.6) is 0 Å². The minimum Gasteiger partial charge on any atom is -0.481 e.